The van der Waals surface area contributed by atoms with Gasteiger partial charge in [-0.2, -0.15) is 0 Å². The van der Waals surface area contributed by atoms with Gasteiger partial charge in [0.25, 0.3) is 5.90 Å². The molecule has 0 saturated heterocycles. The van der Waals surface area contributed by atoms with Crippen LogP contribution in [0.1, 0.15) is 5.56 Å². The number of ether oxygens (including phenoxy) is 1. The molecule has 2 rings (SSSR count). The molecule has 78 valence electrons. The van der Waals surface area contributed by atoms with E-state index in [1.807, 2.05) is 30.3 Å². The van der Waals surface area contributed by atoms with E-state index in [1.165, 1.54) is 0 Å². The fourth-order valence-electron chi connectivity index (χ4n) is 1.52. The number of aliphatic carboxylic acids is 1. The molecule has 0 radical (unpaired) electrons. The minimum absolute atomic E-state index is 0.0708. The summed E-state index contributed by atoms with van der Waals surface area (Å²) in [6.07, 6.45) is 0.720. The molecular weight excluding hydrogens is 194 g/mol. The third-order valence-electron chi connectivity index (χ3n) is 2.21. The highest BCUT2D eigenvalue weighted by Gasteiger charge is 2.23. The van der Waals surface area contributed by atoms with Crippen molar-refractivity contribution in [3.8, 4) is 0 Å². The van der Waals surface area contributed by atoms with Gasteiger partial charge >= 0.3 is 5.97 Å². The molecule has 15 heavy (non-hydrogen) atoms. The molecule has 0 unspecified atom stereocenters. The molecule has 1 aromatic carbocycles. The van der Waals surface area contributed by atoms with Crippen molar-refractivity contribution in [3.05, 3.63) is 35.9 Å². The third-order valence-corrected chi connectivity index (χ3v) is 2.21. The van der Waals surface area contributed by atoms with Gasteiger partial charge in [0, 0.05) is 0 Å². The van der Waals surface area contributed by atoms with Gasteiger partial charge in [-0.05, 0) is 12.0 Å². The summed E-state index contributed by atoms with van der Waals surface area (Å²) in [6.45, 7) is 0.358. The van der Waals surface area contributed by atoms with Gasteiger partial charge in [0.1, 0.15) is 6.61 Å². The molecule has 1 aliphatic rings. The summed E-state index contributed by atoms with van der Waals surface area (Å²) >= 11 is 0. The van der Waals surface area contributed by atoms with E-state index in [0.29, 0.717) is 6.61 Å². The van der Waals surface area contributed by atoms with Crippen LogP contribution in [-0.4, -0.2) is 29.6 Å². The second-order valence-corrected chi connectivity index (χ2v) is 3.39. The first-order chi connectivity index (χ1) is 7.25. The minimum atomic E-state index is -1.09. The van der Waals surface area contributed by atoms with E-state index in [1.54, 1.807) is 0 Å². The molecule has 0 aromatic heterocycles. The molecule has 0 fully saturated rings. The van der Waals surface area contributed by atoms with E-state index >= 15 is 0 Å². The molecule has 1 aromatic rings. The summed E-state index contributed by atoms with van der Waals surface area (Å²) in [5, 5.41) is 8.64. The molecule has 0 bridgehead atoms. The number of rotatable bonds is 3. The Morgan fingerprint density at radius 3 is 2.80 bits per heavy atom. The van der Waals surface area contributed by atoms with Gasteiger partial charge in [-0.15, -0.1) is 0 Å². The first-order valence-corrected chi connectivity index (χ1v) is 4.73. The standard InChI is InChI=1S/C11H11NO3/c13-11(14)10-12-9(7-15-10)6-8-4-2-1-3-5-8/h1-5,9H,6-7H2,(H,13,14)/t9-/m0/s1. The average molecular weight is 205 g/mol. The summed E-state index contributed by atoms with van der Waals surface area (Å²) in [5.74, 6) is -1.26. The van der Waals surface area contributed by atoms with Gasteiger partial charge < -0.3 is 9.84 Å². The lowest BCUT2D eigenvalue weighted by Crippen LogP contribution is -2.12. The Balaban J connectivity index is 2.01. The normalized spacial score (nSPS) is 19.5. The predicted octanol–water partition coefficient (Wildman–Crippen LogP) is 1.11. The van der Waals surface area contributed by atoms with E-state index in [2.05, 4.69) is 4.99 Å². The maximum atomic E-state index is 10.5. The number of aliphatic imine (C=N–C) groups is 1. The smallest absolute Gasteiger partial charge is 0.391 e. The van der Waals surface area contributed by atoms with Crippen LogP contribution in [0.4, 0.5) is 0 Å². The number of hydrogen-bond acceptors (Lipinski definition) is 3. The SMILES string of the molecule is O=C(O)C1=N[C@@H](Cc2ccccc2)CO1. The molecule has 1 N–H and O–H groups in total. The third kappa shape index (κ3) is 2.34. The Hall–Kier alpha value is -1.84. The van der Waals surface area contributed by atoms with Crippen molar-refractivity contribution < 1.29 is 14.6 Å². The Labute approximate surface area is 87.2 Å². The fraction of sp³-hybridized carbons (Fsp3) is 0.273. The van der Waals surface area contributed by atoms with Crippen molar-refractivity contribution in [2.45, 2.75) is 12.5 Å². The largest absolute Gasteiger partial charge is 0.474 e. The van der Waals surface area contributed by atoms with Crippen LogP contribution in [0, 0.1) is 0 Å². The maximum absolute atomic E-state index is 10.5. The van der Waals surface area contributed by atoms with Gasteiger partial charge in [-0.1, -0.05) is 30.3 Å². The van der Waals surface area contributed by atoms with Gasteiger partial charge in [0.15, 0.2) is 0 Å². The number of nitrogens with zero attached hydrogens (tertiary/aromatic N) is 1. The van der Waals surface area contributed by atoms with Crippen molar-refractivity contribution in [2.24, 2.45) is 4.99 Å². The second kappa shape index (κ2) is 4.13. The second-order valence-electron chi connectivity index (χ2n) is 3.39. The van der Waals surface area contributed by atoms with E-state index in [4.69, 9.17) is 9.84 Å². The first kappa shape index (κ1) is 9.71. The topological polar surface area (TPSA) is 58.9 Å². The lowest BCUT2D eigenvalue weighted by molar-refractivity contribution is -0.130. The summed E-state index contributed by atoms with van der Waals surface area (Å²) in [5.41, 5.74) is 1.14. The molecule has 4 nitrogen and oxygen atoms in total. The molecule has 0 spiro atoms. The van der Waals surface area contributed by atoms with Gasteiger partial charge in [-0.3, -0.25) is 0 Å². The maximum Gasteiger partial charge on any atom is 0.391 e. The molecule has 0 aliphatic carbocycles. The number of carboxylic acids is 1. The van der Waals surface area contributed by atoms with Crippen LogP contribution in [-0.2, 0) is 16.0 Å². The predicted molar refractivity (Wildman–Crippen MR) is 55.0 cm³/mol. The average Bonchev–Trinajstić information content (AvgIpc) is 2.68. The van der Waals surface area contributed by atoms with E-state index in [0.717, 1.165) is 12.0 Å². The van der Waals surface area contributed by atoms with Crippen LogP contribution in [0.25, 0.3) is 0 Å². The lowest BCUT2D eigenvalue weighted by atomic mass is 10.1. The van der Waals surface area contributed by atoms with Gasteiger partial charge in [0.05, 0.1) is 6.04 Å². The van der Waals surface area contributed by atoms with Crippen molar-refractivity contribution in [1.82, 2.24) is 0 Å². The highest BCUT2D eigenvalue weighted by atomic mass is 16.5. The Morgan fingerprint density at radius 2 is 2.20 bits per heavy atom. The quantitative estimate of drug-likeness (QED) is 0.804. The Bertz CT molecular complexity index is 386. The molecule has 1 atom stereocenters. The number of benzene rings is 1. The Kier molecular flexibility index (Phi) is 2.67. The monoisotopic (exact) mass is 205 g/mol. The van der Waals surface area contributed by atoms with Crippen molar-refractivity contribution >= 4 is 11.9 Å². The summed E-state index contributed by atoms with van der Waals surface area (Å²) in [6, 6.07) is 9.77. The number of carboxylic acid groups (broad SMARTS) is 1. The number of carbonyl (C=O) groups is 1. The van der Waals surface area contributed by atoms with Crippen LogP contribution in [0.3, 0.4) is 0 Å². The Morgan fingerprint density at radius 1 is 1.47 bits per heavy atom. The van der Waals surface area contributed by atoms with Gasteiger partial charge in [0.2, 0.25) is 0 Å². The first-order valence-electron chi connectivity index (χ1n) is 4.73. The molecular formula is C11H11NO3. The summed E-state index contributed by atoms with van der Waals surface area (Å²) in [7, 11) is 0. The fourth-order valence-corrected chi connectivity index (χ4v) is 1.52. The van der Waals surface area contributed by atoms with E-state index in [9.17, 15) is 4.79 Å². The zero-order valence-electron chi connectivity index (χ0n) is 8.09. The summed E-state index contributed by atoms with van der Waals surface area (Å²) in [4.78, 5) is 14.5. The van der Waals surface area contributed by atoms with Crippen LogP contribution in [0.5, 0.6) is 0 Å². The lowest BCUT2D eigenvalue weighted by Gasteiger charge is -2.03. The van der Waals surface area contributed by atoms with E-state index in [-0.39, 0.29) is 11.9 Å². The van der Waals surface area contributed by atoms with E-state index < -0.39 is 5.97 Å². The molecule has 0 saturated carbocycles. The summed E-state index contributed by atoms with van der Waals surface area (Å²) < 4.78 is 4.95. The zero-order valence-corrected chi connectivity index (χ0v) is 8.09. The molecule has 4 heteroatoms. The van der Waals surface area contributed by atoms with Crippen LogP contribution in [0.2, 0.25) is 0 Å². The zero-order chi connectivity index (χ0) is 10.7. The van der Waals surface area contributed by atoms with Crippen molar-refractivity contribution in [3.63, 3.8) is 0 Å². The minimum Gasteiger partial charge on any atom is -0.474 e. The van der Waals surface area contributed by atoms with Crippen LogP contribution in [0.15, 0.2) is 35.3 Å². The van der Waals surface area contributed by atoms with Crippen LogP contribution < -0.4 is 0 Å². The molecule has 1 heterocycles. The number of hydrogen-bond donors (Lipinski definition) is 1. The molecule has 1 aliphatic heterocycles. The molecule has 0 amide bonds. The van der Waals surface area contributed by atoms with Crippen LogP contribution >= 0.6 is 0 Å². The highest BCUT2D eigenvalue weighted by Crippen LogP contribution is 2.11. The van der Waals surface area contributed by atoms with Crippen molar-refractivity contribution in [1.29, 1.82) is 0 Å². The van der Waals surface area contributed by atoms with Gasteiger partial charge in [-0.25, -0.2) is 9.79 Å². The van der Waals surface area contributed by atoms with Crippen molar-refractivity contribution in [2.75, 3.05) is 6.61 Å². The highest BCUT2D eigenvalue weighted by molar-refractivity contribution is 6.32.